The maximum absolute atomic E-state index is 14.4. The second-order valence-corrected chi connectivity index (χ2v) is 10.7. The molecule has 1 saturated heterocycles. The van der Waals surface area contributed by atoms with Gasteiger partial charge in [0.1, 0.15) is 5.82 Å². The van der Waals surface area contributed by atoms with Crippen molar-refractivity contribution in [3.63, 3.8) is 0 Å². The monoisotopic (exact) mass is 470 g/mol. The minimum absolute atomic E-state index is 0.00538. The number of benzene rings is 1. The molecule has 1 spiro atoms. The van der Waals surface area contributed by atoms with Crippen LogP contribution >= 0.6 is 0 Å². The predicted octanol–water partition coefficient (Wildman–Crippen LogP) is 5.09. The van der Waals surface area contributed by atoms with Gasteiger partial charge in [-0.15, -0.1) is 0 Å². The fourth-order valence-electron chi connectivity index (χ4n) is 6.57. The van der Waals surface area contributed by atoms with Crippen molar-refractivity contribution in [3.05, 3.63) is 34.6 Å². The molecule has 2 fully saturated rings. The van der Waals surface area contributed by atoms with Crippen LogP contribution in [0, 0.1) is 11.2 Å². The number of hydrogen-bond donors (Lipinski definition) is 0. The number of halogens is 1. The average Bonchev–Trinajstić information content (AvgIpc) is 3.24. The number of carbonyl (C=O) groups is 3. The van der Waals surface area contributed by atoms with Gasteiger partial charge in [-0.25, -0.2) is 4.39 Å². The number of amides is 2. The number of rotatable bonds is 9. The Labute approximate surface area is 203 Å². The van der Waals surface area contributed by atoms with E-state index in [-0.39, 0.29) is 34.9 Å². The van der Waals surface area contributed by atoms with Crippen LogP contribution < -0.4 is 0 Å². The van der Waals surface area contributed by atoms with Gasteiger partial charge in [-0.3, -0.25) is 19.3 Å². The van der Waals surface area contributed by atoms with Crippen LogP contribution in [0.1, 0.15) is 99.5 Å². The first kappa shape index (κ1) is 25.0. The van der Waals surface area contributed by atoms with Gasteiger partial charge in [0.15, 0.2) is 5.78 Å². The summed E-state index contributed by atoms with van der Waals surface area (Å²) in [5, 5.41) is 0. The van der Waals surface area contributed by atoms with E-state index >= 15 is 0 Å². The molecule has 0 radical (unpaired) electrons. The summed E-state index contributed by atoms with van der Waals surface area (Å²) in [5.74, 6) is -0.164. The third-order valence-electron chi connectivity index (χ3n) is 8.34. The fraction of sp³-hybridized carbons (Fsp3) is 0.679. The zero-order chi connectivity index (χ0) is 24.3. The molecule has 1 heterocycles. The first-order valence-corrected chi connectivity index (χ1v) is 13.2. The summed E-state index contributed by atoms with van der Waals surface area (Å²) in [6.07, 6.45) is 10.4. The lowest BCUT2D eigenvalue weighted by Gasteiger charge is -2.38. The van der Waals surface area contributed by atoms with Crippen molar-refractivity contribution in [1.29, 1.82) is 0 Å². The zero-order valence-electron chi connectivity index (χ0n) is 20.8. The number of hydrogen-bond acceptors (Lipinski definition) is 4. The molecular formula is C28H39FN2O3. The smallest absolute Gasteiger partial charge is 0.229 e. The van der Waals surface area contributed by atoms with Crippen molar-refractivity contribution < 1.29 is 18.8 Å². The number of imide groups is 1. The molecule has 1 aliphatic heterocycles. The molecule has 186 valence electrons. The van der Waals surface area contributed by atoms with Crippen LogP contribution in [0.4, 0.5) is 4.39 Å². The molecule has 6 heteroatoms. The van der Waals surface area contributed by atoms with Gasteiger partial charge in [-0.2, -0.15) is 0 Å². The van der Waals surface area contributed by atoms with E-state index < -0.39 is 0 Å². The lowest BCUT2D eigenvalue weighted by molar-refractivity contribution is -0.153. The molecular weight excluding hydrogens is 431 g/mol. The number of Topliss-reactive ketones (excluding diaryl/α,β-unsaturated/α-hetero) is 1. The summed E-state index contributed by atoms with van der Waals surface area (Å²) >= 11 is 0. The predicted molar refractivity (Wildman–Crippen MR) is 130 cm³/mol. The molecule has 0 aromatic heterocycles. The van der Waals surface area contributed by atoms with Crippen LogP contribution in [0.15, 0.2) is 12.1 Å². The third-order valence-corrected chi connectivity index (χ3v) is 8.34. The fourth-order valence-corrected chi connectivity index (χ4v) is 6.57. The highest BCUT2D eigenvalue weighted by Crippen LogP contribution is 2.46. The van der Waals surface area contributed by atoms with E-state index in [1.54, 1.807) is 13.0 Å². The molecule has 0 N–H and O–H groups in total. The van der Waals surface area contributed by atoms with E-state index in [1.165, 1.54) is 11.0 Å². The molecule has 2 aliphatic carbocycles. The van der Waals surface area contributed by atoms with Gasteiger partial charge in [0, 0.05) is 31.0 Å². The van der Waals surface area contributed by atoms with Crippen molar-refractivity contribution in [2.75, 3.05) is 19.6 Å². The third kappa shape index (κ3) is 5.27. The van der Waals surface area contributed by atoms with Crippen molar-refractivity contribution >= 4 is 17.6 Å². The second-order valence-electron chi connectivity index (χ2n) is 10.7. The highest BCUT2D eigenvalue weighted by Gasteiger charge is 2.44. The summed E-state index contributed by atoms with van der Waals surface area (Å²) < 4.78 is 14.4. The SMILES string of the molecule is CCCN(CCCCN1C(=O)CC2(CCCC2)CC1=O)[C@@H]1CCc2c(F)ccc(C(C)=O)c2C1. The number of likely N-dealkylation sites (tertiary alicyclic amines) is 1. The Bertz CT molecular complexity index is 918. The molecule has 1 atom stereocenters. The van der Waals surface area contributed by atoms with E-state index in [0.29, 0.717) is 43.4 Å². The number of carbonyl (C=O) groups excluding carboxylic acids is 3. The Morgan fingerprint density at radius 3 is 2.44 bits per heavy atom. The molecule has 0 bridgehead atoms. The lowest BCUT2D eigenvalue weighted by Crippen LogP contribution is -2.47. The van der Waals surface area contributed by atoms with Gasteiger partial charge >= 0.3 is 0 Å². The van der Waals surface area contributed by atoms with Crippen LogP contribution in [0.25, 0.3) is 0 Å². The molecule has 3 aliphatic rings. The largest absolute Gasteiger partial charge is 0.300 e. The molecule has 1 aromatic carbocycles. The highest BCUT2D eigenvalue weighted by atomic mass is 19.1. The topological polar surface area (TPSA) is 57.7 Å². The number of unbranched alkanes of at least 4 members (excludes halogenated alkanes) is 1. The highest BCUT2D eigenvalue weighted by molar-refractivity contribution is 5.98. The number of piperidine rings is 1. The van der Waals surface area contributed by atoms with Gasteiger partial charge in [-0.1, -0.05) is 19.8 Å². The second kappa shape index (κ2) is 10.7. The van der Waals surface area contributed by atoms with Gasteiger partial charge in [0.05, 0.1) is 0 Å². The van der Waals surface area contributed by atoms with Crippen molar-refractivity contribution in [2.45, 2.75) is 96.9 Å². The summed E-state index contributed by atoms with van der Waals surface area (Å²) in [6, 6.07) is 3.34. The Morgan fingerprint density at radius 1 is 1.09 bits per heavy atom. The van der Waals surface area contributed by atoms with Gasteiger partial charge in [-0.05, 0) is 100 Å². The van der Waals surface area contributed by atoms with E-state index in [1.807, 2.05) is 0 Å². The van der Waals surface area contributed by atoms with Crippen LogP contribution in [0.5, 0.6) is 0 Å². The van der Waals surface area contributed by atoms with Crippen LogP contribution in [0.3, 0.4) is 0 Å². The first-order chi connectivity index (χ1) is 16.3. The summed E-state index contributed by atoms with van der Waals surface area (Å²) in [4.78, 5) is 41.5. The Balaban J connectivity index is 1.32. The van der Waals surface area contributed by atoms with Crippen LogP contribution in [-0.2, 0) is 22.4 Å². The molecule has 2 amide bonds. The summed E-state index contributed by atoms with van der Waals surface area (Å²) in [7, 11) is 0. The molecule has 1 aromatic rings. The van der Waals surface area contributed by atoms with E-state index in [2.05, 4.69) is 11.8 Å². The van der Waals surface area contributed by atoms with E-state index in [0.717, 1.165) is 70.0 Å². The number of nitrogens with zero attached hydrogens (tertiary/aromatic N) is 2. The summed E-state index contributed by atoms with van der Waals surface area (Å²) in [6.45, 7) is 6.07. The van der Waals surface area contributed by atoms with E-state index in [4.69, 9.17) is 0 Å². The van der Waals surface area contributed by atoms with Crippen molar-refractivity contribution in [1.82, 2.24) is 9.80 Å². The Hall–Kier alpha value is -2.08. The molecule has 0 unspecified atom stereocenters. The number of ketones is 1. The normalized spacial score (nSPS) is 22.0. The maximum Gasteiger partial charge on any atom is 0.229 e. The summed E-state index contributed by atoms with van der Waals surface area (Å²) in [5.41, 5.74) is 2.20. The molecule has 34 heavy (non-hydrogen) atoms. The van der Waals surface area contributed by atoms with Gasteiger partial charge in [0.2, 0.25) is 11.8 Å². The minimum Gasteiger partial charge on any atom is -0.300 e. The van der Waals surface area contributed by atoms with Gasteiger partial charge in [0.25, 0.3) is 0 Å². The Kier molecular flexibility index (Phi) is 7.86. The zero-order valence-corrected chi connectivity index (χ0v) is 20.8. The molecule has 4 rings (SSSR count). The quantitative estimate of drug-likeness (QED) is 0.287. The first-order valence-electron chi connectivity index (χ1n) is 13.2. The number of fused-ring (bicyclic) bond motifs is 1. The van der Waals surface area contributed by atoms with E-state index in [9.17, 15) is 18.8 Å². The maximum atomic E-state index is 14.4. The van der Waals surface area contributed by atoms with Crippen molar-refractivity contribution in [2.24, 2.45) is 5.41 Å². The standard InChI is InChI=1S/C28H39FN2O3/c1-3-14-30(21-8-9-23-24(17-21)22(20(2)32)10-11-25(23)29)15-6-7-16-31-26(33)18-28(19-27(31)34)12-4-5-13-28/h10-11,21H,3-9,12-19H2,1-2H3/t21-/m1/s1. The average molecular weight is 471 g/mol. The molecule has 5 nitrogen and oxygen atoms in total. The van der Waals surface area contributed by atoms with Crippen molar-refractivity contribution in [3.8, 4) is 0 Å². The Morgan fingerprint density at radius 2 is 1.79 bits per heavy atom. The van der Waals surface area contributed by atoms with Gasteiger partial charge < -0.3 is 4.90 Å². The lowest BCUT2D eigenvalue weighted by atomic mass is 9.76. The minimum atomic E-state index is -0.198. The van der Waals surface area contributed by atoms with Crippen LogP contribution in [0.2, 0.25) is 0 Å². The molecule has 1 saturated carbocycles. The van der Waals surface area contributed by atoms with Crippen LogP contribution in [-0.4, -0.2) is 53.1 Å².